The van der Waals surface area contributed by atoms with E-state index in [1.165, 1.54) is 0 Å². The van der Waals surface area contributed by atoms with E-state index < -0.39 is 0 Å². The molecule has 0 saturated carbocycles. The SMILES string of the molecule is O=CC[n+]1ccccc1.[I-]. The second-order valence-corrected chi connectivity index (χ2v) is 1.74. The van der Waals surface area contributed by atoms with Crippen LogP contribution in [0.25, 0.3) is 0 Å². The lowest BCUT2D eigenvalue weighted by Gasteiger charge is -1.84. The molecule has 0 aliphatic carbocycles. The molecule has 0 amide bonds. The summed E-state index contributed by atoms with van der Waals surface area (Å²) in [5, 5.41) is 0. The standard InChI is InChI=1S/C7H8NO.HI/c9-7-6-8-4-2-1-3-5-8;/h1-5,7H,6H2;1H/q+1;/p-1. The minimum Gasteiger partial charge on any atom is -1.00 e. The lowest BCUT2D eigenvalue weighted by molar-refractivity contribution is -0.682. The summed E-state index contributed by atoms with van der Waals surface area (Å²) in [4.78, 5) is 9.95. The van der Waals surface area contributed by atoms with Gasteiger partial charge in [0.05, 0.1) is 0 Å². The van der Waals surface area contributed by atoms with Gasteiger partial charge >= 0.3 is 0 Å². The van der Waals surface area contributed by atoms with Gasteiger partial charge < -0.3 is 24.0 Å². The molecule has 54 valence electrons. The third-order valence-electron chi connectivity index (χ3n) is 1.06. The van der Waals surface area contributed by atoms with E-state index in [0.29, 0.717) is 6.54 Å². The molecule has 0 fully saturated rings. The molecule has 0 saturated heterocycles. The van der Waals surface area contributed by atoms with Crippen LogP contribution in [0, 0.1) is 0 Å². The lowest BCUT2D eigenvalue weighted by Crippen LogP contribution is -3.00. The monoisotopic (exact) mass is 249 g/mol. The molecular formula is C7H8INO. The van der Waals surface area contributed by atoms with Crippen molar-refractivity contribution in [2.24, 2.45) is 0 Å². The van der Waals surface area contributed by atoms with E-state index in [1.54, 1.807) is 0 Å². The minimum atomic E-state index is 0. The molecule has 0 aliphatic rings. The van der Waals surface area contributed by atoms with Gasteiger partial charge in [0.15, 0.2) is 18.7 Å². The Morgan fingerprint density at radius 1 is 1.20 bits per heavy atom. The Morgan fingerprint density at radius 3 is 2.30 bits per heavy atom. The first kappa shape index (κ1) is 9.55. The molecule has 3 heteroatoms. The quantitative estimate of drug-likeness (QED) is 0.314. The van der Waals surface area contributed by atoms with E-state index in [0.717, 1.165) is 6.29 Å². The van der Waals surface area contributed by atoms with Gasteiger partial charge in [-0.1, -0.05) is 6.07 Å². The predicted molar refractivity (Wildman–Crippen MR) is 32.7 cm³/mol. The van der Waals surface area contributed by atoms with E-state index in [-0.39, 0.29) is 24.0 Å². The van der Waals surface area contributed by atoms with Gasteiger partial charge in [-0.25, -0.2) is 0 Å². The normalized spacial score (nSPS) is 8.00. The smallest absolute Gasteiger partial charge is 0.203 e. The molecule has 0 atom stereocenters. The third kappa shape index (κ3) is 2.91. The van der Waals surface area contributed by atoms with Crippen molar-refractivity contribution in [3.63, 3.8) is 0 Å². The highest BCUT2D eigenvalue weighted by Crippen LogP contribution is 1.74. The second kappa shape index (κ2) is 5.34. The summed E-state index contributed by atoms with van der Waals surface area (Å²) in [5.41, 5.74) is 0. The van der Waals surface area contributed by atoms with E-state index >= 15 is 0 Å². The van der Waals surface area contributed by atoms with Crippen LogP contribution in [0.1, 0.15) is 0 Å². The van der Waals surface area contributed by atoms with Crippen LogP contribution in [0.3, 0.4) is 0 Å². The van der Waals surface area contributed by atoms with Crippen molar-refractivity contribution in [3.05, 3.63) is 30.6 Å². The molecule has 0 unspecified atom stereocenters. The van der Waals surface area contributed by atoms with E-state index in [4.69, 9.17) is 0 Å². The number of carbonyl (C=O) groups excluding carboxylic acids is 1. The van der Waals surface area contributed by atoms with Crippen molar-refractivity contribution in [2.45, 2.75) is 6.54 Å². The average molecular weight is 249 g/mol. The van der Waals surface area contributed by atoms with Crippen molar-refractivity contribution >= 4 is 6.29 Å². The molecule has 0 aromatic carbocycles. The maximum Gasteiger partial charge on any atom is 0.203 e. The van der Waals surface area contributed by atoms with Crippen molar-refractivity contribution in [3.8, 4) is 0 Å². The maximum absolute atomic E-state index is 9.95. The summed E-state index contributed by atoms with van der Waals surface area (Å²) in [7, 11) is 0. The molecule has 1 heterocycles. The summed E-state index contributed by atoms with van der Waals surface area (Å²) in [5.74, 6) is 0. The fourth-order valence-corrected chi connectivity index (χ4v) is 0.642. The zero-order valence-corrected chi connectivity index (χ0v) is 7.56. The number of aromatic nitrogens is 1. The summed E-state index contributed by atoms with van der Waals surface area (Å²) in [6.45, 7) is 0.445. The van der Waals surface area contributed by atoms with Gasteiger partial charge in [0.25, 0.3) is 0 Å². The Morgan fingerprint density at radius 2 is 1.80 bits per heavy atom. The molecule has 0 radical (unpaired) electrons. The van der Waals surface area contributed by atoms with Gasteiger partial charge in [-0.05, 0) is 0 Å². The highest BCUT2D eigenvalue weighted by atomic mass is 127. The molecule has 0 bridgehead atoms. The predicted octanol–water partition coefficient (Wildman–Crippen LogP) is -2.82. The number of rotatable bonds is 2. The van der Waals surface area contributed by atoms with Crippen molar-refractivity contribution in [1.82, 2.24) is 0 Å². The van der Waals surface area contributed by atoms with Crippen LogP contribution in [0.15, 0.2) is 30.6 Å². The lowest BCUT2D eigenvalue weighted by atomic mass is 10.5. The molecule has 0 aliphatic heterocycles. The first-order chi connectivity index (χ1) is 4.43. The zero-order chi connectivity index (χ0) is 6.53. The summed E-state index contributed by atoms with van der Waals surface area (Å²) < 4.78 is 1.81. The van der Waals surface area contributed by atoms with Crippen LogP contribution >= 0.6 is 0 Å². The fourth-order valence-electron chi connectivity index (χ4n) is 0.642. The Labute approximate surface area is 76.9 Å². The van der Waals surface area contributed by atoms with Crippen LogP contribution in [0.2, 0.25) is 0 Å². The fraction of sp³-hybridized carbons (Fsp3) is 0.143. The van der Waals surface area contributed by atoms with Gasteiger partial charge in [0, 0.05) is 12.1 Å². The second-order valence-electron chi connectivity index (χ2n) is 1.74. The molecule has 1 aromatic heterocycles. The van der Waals surface area contributed by atoms with E-state index in [9.17, 15) is 4.79 Å². The zero-order valence-electron chi connectivity index (χ0n) is 5.40. The van der Waals surface area contributed by atoms with Gasteiger partial charge in [-0.2, -0.15) is 4.57 Å². The number of aldehydes is 1. The number of carbonyl (C=O) groups is 1. The van der Waals surface area contributed by atoms with Gasteiger partial charge in [0.2, 0.25) is 6.54 Å². The van der Waals surface area contributed by atoms with Crippen LogP contribution in [0.4, 0.5) is 0 Å². The van der Waals surface area contributed by atoms with Crippen LogP contribution in [0.5, 0.6) is 0 Å². The minimum absolute atomic E-state index is 0. The Bertz CT molecular complexity index is 188. The molecule has 2 nitrogen and oxygen atoms in total. The van der Waals surface area contributed by atoms with Gasteiger partial charge in [-0.3, -0.25) is 4.79 Å². The first-order valence-electron chi connectivity index (χ1n) is 2.81. The molecule has 0 spiro atoms. The average Bonchev–Trinajstić information content (AvgIpc) is 1.91. The van der Waals surface area contributed by atoms with Crippen LogP contribution in [-0.2, 0) is 11.3 Å². The van der Waals surface area contributed by atoms with Gasteiger partial charge in [0.1, 0.15) is 0 Å². The highest BCUT2D eigenvalue weighted by molar-refractivity contribution is 5.46. The maximum atomic E-state index is 9.95. The van der Waals surface area contributed by atoms with Gasteiger partial charge in [-0.15, -0.1) is 0 Å². The number of hydrogen-bond acceptors (Lipinski definition) is 1. The molecular weight excluding hydrogens is 241 g/mol. The molecule has 1 rings (SSSR count). The van der Waals surface area contributed by atoms with E-state index in [2.05, 4.69) is 0 Å². The molecule has 0 N–H and O–H groups in total. The first-order valence-corrected chi connectivity index (χ1v) is 2.81. The Hall–Kier alpha value is -0.450. The van der Waals surface area contributed by atoms with Crippen molar-refractivity contribution in [1.29, 1.82) is 0 Å². The number of halogens is 1. The summed E-state index contributed by atoms with van der Waals surface area (Å²) in [6, 6.07) is 5.70. The summed E-state index contributed by atoms with van der Waals surface area (Å²) >= 11 is 0. The van der Waals surface area contributed by atoms with Crippen molar-refractivity contribution < 1.29 is 33.3 Å². The highest BCUT2D eigenvalue weighted by Gasteiger charge is 1.91. The van der Waals surface area contributed by atoms with Crippen LogP contribution < -0.4 is 28.5 Å². The number of pyridine rings is 1. The largest absolute Gasteiger partial charge is 1.00 e. The Kier molecular flexibility index (Phi) is 5.10. The molecule has 1 aromatic rings. The Balaban J connectivity index is 0.000000810. The van der Waals surface area contributed by atoms with Crippen LogP contribution in [-0.4, -0.2) is 6.29 Å². The number of hydrogen-bond donors (Lipinski definition) is 0. The molecule has 10 heavy (non-hydrogen) atoms. The van der Waals surface area contributed by atoms with Crippen molar-refractivity contribution in [2.75, 3.05) is 0 Å². The third-order valence-corrected chi connectivity index (χ3v) is 1.06. The van der Waals surface area contributed by atoms with E-state index in [1.807, 2.05) is 35.2 Å². The summed E-state index contributed by atoms with van der Waals surface area (Å²) in [6.07, 6.45) is 4.59. The number of nitrogens with zero attached hydrogens (tertiary/aromatic N) is 1. The topological polar surface area (TPSA) is 20.9 Å².